The van der Waals surface area contributed by atoms with Crippen LogP contribution in [-0.2, 0) is 11.3 Å². The fourth-order valence-corrected chi connectivity index (χ4v) is 4.04. The summed E-state index contributed by atoms with van der Waals surface area (Å²) in [5.41, 5.74) is 0. The van der Waals surface area contributed by atoms with Crippen molar-refractivity contribution in [3.8, 4) is 0 Å². The van der Waals surface area contributed by atoms with E-state index in [0.29, 0.717) is 25.6 Å². The predicted octanol–water partition coefficient (Wildman–Crippen LogP) is 2.92. The van der Waals surface area contributed by atoms with Crippen LogP contribution in [0.5, 0.6) is 0 Å². The molecule has 0 unspecified atom stereocenters. The highest BCUT2D eigenvalue weighted by atomic mass is 32.1. The van der Waals surface area contributed by atoms with Gasteiger partial charge in [-0.1, -0.05) is 13.0 Å². The van der Waals surface area contributed by atoms with E-state index in [1.54, 1.807) is 22.2 Å². The van der Waals surface area contributed by atoms with Gasteiger partial charge in [0, 0.05) is 36.8 Å². The Morgan fingerprint density at radius 1 is 1.42 bits per heavy atom. The molecule has 0 radical (unpaired) electrons. The Morgan fingerprint density at radius 3 is 2.92 bits per heavy atom. The van der Waals surface area contributed by atoms with E-state index < -0.39 is 0 Å². The molecule has 130 valence electrons. The van der Waals surface area contributed by atoms with Crippen molar-refractivity contribution < 1.29 is 4.79 Å². The number of rotatable bonds is 7. The van der Waals surface area contributed by atoms with Gasteiger partial charge in [0.15, 0.2) is 0 Å². The number of nitrogens with one attached hydrogen (secondary N) is 1. The van der Waals surface area contributed by atoms with E-state index in [1.807, 2.05) is 12.3 Å². The molecule has 0 aromatic carbocycles. The fourth-order valence-electron chi connectivity index (χ4n) is 3.18. The maximum absolute atomic E-state index is 12.2. The van der Waals surface area contributed by atoms with E-state index in [4.69, 9.17) is 0 Å². The van der Waals surface area contributed by atoms with Crippen LogP contribution in [0.4, 0.5) is 0 Å². The normalized spacial score (nSPS) is 17.7. The number of hydrogen-bond donors (Lipinski definition) is 1. The average molecular weight is 347 g/mol. The van der Waals surface area contributed by atoms with Crippen LogP contribution in [0.2, 0.25) is 0 Å². The molecule has 1 fully saturated rings. The Bertz CT molecular complexity index is 603. The Balaban J connectivity index is 1.53. The van der Waals surface area contributed by atoms with Gasteiger partial charge in [0.25, 0.3) is 0 Å². The van der Waals surface area contributed by atoms with Gasteiger partial charge in [0.1, 0.15) is 0 Å². The first-order chi connectivity index (χ1) is 11.7. The molecule has 1 atom stereocenters. The number of amides is 1. The molecule has 1 amide bonds. The zero-order valence-electron chi connectivity index (χ0n) is 14.2. The van der Waals surface area contributed by atoms with Gasteiger partial charge in [-0.15, -0.1) is 11.3 Å². The number of aryl methyl sites for hydroxylation is 1. The van der Waals surface area contributed by atoms with E-state index in [2.05, 4.69) is 39.8 Å². The smallest absolute Gasteiger partial charge is 0.221 e. The first-order valence-corrected chi connectivity index (χ1v) is 9.62. The summed E-state index contributed by atoms with van der Waals surface area (Å²) in [6, 6.07) is 6.45. The second-order valence-corrected chi connectivity index (χ2v) is 7.55. The number of thiophene rings is 1. The largest absolute Gasteiger partial charge is 0.354 e. The van der Waals surface area contributed by atoms with Crippen LogP contribution in [0.15, 0.2) is 36.0 Å². The van der Waals surface area contributed by atoms with Crippen LogP contribution in [0.25, 0.3) is 0 Å². The summed E-state index contributed by atoms with van der Waals surface area (Å²) >= 11 is 1.78. The molecule has 0 spiro atoms. The van der Waals surface area contributed by atoms with Gasteiger partial charge in [-0.25, -0.2) is 0 Å². The van der Waals surface area contributed by atoms with Crippen molar-refractivity contribution in [1.29, 1.82) is 0 Å². The maximum Gasteiger partial charge on any atom is 0.221 e. The molecule has 0 bridgehead atoms. The molecule has 0 saturated carbocycles. The van der Waals surface area contributed by atoms with E-state index in [0.717, 1.165) is 19.0 Å². The van der Waals surface area contributed by atoms with E-state index in [9.17, 15) is 4.79 Å². The molecule has 1 aliphatic heterocycles. The highest BCUT2D eigenvalue weighted by molar-refractivity contribution is 7.10. The number of aromatic nitrogens is 2. The van der Waals surface area contributed by atoms with Gasteiger partial charge in [-0.3, -0.25) is 14.4 Å². The van der Waals surface area contributed by atoms with E-state index in [1.165, 1.54) is 17.7 Å². The van der Waals surface area contributed by atoms with Crippen molar-refractivity contribution >= 4 is 17.2 Å². The lowest BCUT2D eigenvalue weighted by Gasteiger charge is -2.36. The minimum atomic E-state index is 0.0948. The summed E-state index contributed by atoms with van der Waals surface area (Å²) in [5, 5.41) is 9.38. The monoisotopic (exact) mass is 346 g/mol. The number of likely N-dealkylation sites (tertiary alicyclic amines) is 1. The highest BCUT2D eigenvalue weighted by Gasteiger charge is 2.25. The Kier molecular flexibility index (Phi) is 6.04. The third kappa shape index (κ3) is 4.68. The third-order valence-corrected chi connectivity index (χ3v) is 5.72. The van der Waals surface area contributed by atoms with Gasteiger partial charge in [-0.05, 0) is 49.4 Å². The lowest BCUT2D eigenvalue weighted by molar-refractivity contribution is -0.121. The maximum atomic E-state index is 12.2. The minimum absolute atomic E-state index is 0.0948. The van der Waals surface area contributed by atoms with Crippen LogP contribution in [0.1, 0.15) is 37.1 Å². The second-order valence-electron chi connectivity index (χ2n) is 6.57. The van der Waals surface area contributed by atoms with Crippen molar-refractivity contribution in [2.24, 2.45) is 5.92 Å². The number of nitrogens with zero attached hydrogens (tertiary/aromatic N) is 3. The zero-order valence-corrected chi connectivity index (χ0v) is 15.0. The summed E-state index contributed by atoms with van der Waals surface area (Å²) in [7, 11) is 0. The topological polar surface area (TPSA) is 50.2 Å². The molecule has 6 heteroatoms. The van der Waals surface area contributed by atoms with Gasteiger partial charge in [-0.2, -0.15) is 5.10 Å². The minimum Gasteiger partial charge on any atom is -0.354 e. The molecular formula is C18H26N4OS. The van der Waals surface area contributed by atoms with Crippen LogP contribution in [0, 0.1) is 5.92 Å². The second kappa shape index (κ2) is 8.44. The van der Waals surface area contributed by atoms with Crippen molar-refractivity contribution in [3.05, 3.63) is 40.8 Å². The molecule has 1 saturated heterocycles. The van der Waals surface area contributed by atoms with Crippen LogP contribution in [-0.4, -0.2) is 40.2 Å². The summed E-state index contributed by atoms with van der Waals surface area (Å²) < 4.78 is 1.79. The number of hydrogen-bond acceptors (Lipinski definition) is 4. The van der Waals surface area contributed by atoms with Crippen molar-refractivity contribution in [3.63, 3.8) is 0 Å². The molecule has 0 aliphatic carbocycles. The number of carbonyl (C=O) groups is 1. The molecular weight excluding hydrogens is 320 g/mol. The summed E-state index contributed by atoms with van der Waals surface area (Å²) in [5.74, 6) is 0.909. The fraction of sp³-hybridized carbons (Fsp3) is 0.556. The molecule has 1 aliphatic rings. The first-order valence-electron chi connectivity index (χ1n) is 8.74. The molecule has 2 aromatic heterocycles. The first kappa shape index (κ1) is 17.2. The van der Waals surface area contributed by atoms with Crippen molar-refractivity contribution in [2.75, 3.05) is 19.6 Å². The van der Waals surface area contributed by atoms with Crippen molar-refractivity contribution in [1.82, 2.24) is 20.0 Å². The lowest BCUT2D eigenvalue weighted by atomic mass is 9.97. The van der Waals surface area contributed by atoms with Gasteiger partial charge >= 0.3 is 0 Å². The molecule has 1 N–H and O–H groups in total. The van der Waals surface area contributed by atoms with Crippen LogP contribution in [0.3, 0.4) is 0 Å². The molecule has 5 nitrogen and oxygen atoms in total. The summed E-state index contributed by atoms with van der Waals surface area (Å²) in [4.78, 5) is 16.1. The van der Waals surface area contributed by atoms with Gasteiger partial charge in [0.2, 0.25) is 5.91 Å². The third-order valence-electron chi connectivity index (χ3n) is 4.75. The number of carbonyl (C=O) groups excluding carboxylic acids is 1. The van der Waals surface area contributed by atoms with Crippen LogP contribution >= 0.6 is 11.3 Å². The molecule has 2 aromatic rings. The van der Waals surface area contributed by atoms with E-state index in [-0.39, 0.29) is 5.91 Å². The SMILES string of the molecule is CC1CCN([C@H](CNC(=O)CCn2cccn2)c2cccs2)CC1. The Labute approximate surface area is 147 Å². The zero-order chi connectivity index (χ0) is 16.8. The number of piperidine rings is 1. The quantitative estimate of drug-likeness (QED) is 0.839. The predicted molar refractivity (Wildman–Crippen MR) is 96.9 cm³/mol. The standard InChI is InChI=1S/C18H26N4OS/c1-15-5-10-21(11-6-15)16(17-4-2-13-24-17)14-19-18(23)7-12-22-9-3-8-20-22/h2-4,8-9,13,15-16H,5-7,10-12,14H2,1H3,(H,19,23)/t16-/m1/s1. The molecule has 3 rings (SSSR count). The summed E-state index contributed by atoms with van der Waals surface area (Å²) in [6.07, 6.45) is 6.58. The summed E-state index contributed by atoms with van der Waals surface area (Å²) in [6.45, 7) is 5.88. The average Bonchev–Trinajstić information content (AvgIpc) is 3.28. The van der Waals surface area contributed by atoms with Gasteiger partial charge < -0.3 is 5.32 Å². The van der Waals surface area contributed by atoms with Crippen LogP contribution < -0.4 is 5.32 Å². The molecule has 3 heterocycles. The lowest BCUT2D eigenvalue weighted by Crippen LogP contribution is -2.41. The van der Waals surface area contributed by atoms with E-state index >= 15 is 0 Å². The highest BCUT2D eigenvalue weighted by Crippen LogP contribution is 2.29. The Hall–Kier alpha value is -1.66. The Morgan fingerprint density at radius 2 is 2.25 bits per heavy atom. The van der Waals surface area contributed by atoms with Crippen molar-refractivity contribution in [2.45, 2.75) is 38.8 Å². The molecule has 24 heavy (non-hydrogen) atoms. The van der Waals surface area contributed by atoms with Gasteiger partial charge in [0.05, 0.1) is 6.04 Å².